The first kappa shape index (κ1) is 18.4. The molecule has 8 heteroatoms. The Balaban J connectivity index is 1.88. The third kappa shape index (κ3) is 5.02. The van der Waals surface area contributed by atoms with Crippen LogP contribution in [-0.4, -0.2) is 62.1 Å². The van der Waals surface area contributed by atoms with Crippen molar-refractivity contribution in [3.63, 3.8) is 0 Å². The van der Waals surface area contributed by atoms with Gasteiger partial charge >= 0.3 is 0 Å². The molecule has 1 aromatic heterocycles. The van der Waals surface area contributed by atoms with E-state index in [0.29, 0.717) is 26.1 Å². The molecule has 23 heavy (non-hydrogen) atoms. The molecule has 1 fully saturated rings. The lowest BCUT2D eigenvalue weighted by Crippen LogP contribution is -2.55. The molecule has 0 aliphatic carbocycles. The summed E-state index contributed by atoms with van der Waals surface area (Å²) in [5.74, 6) is 1.87. The number of aliphatic hydroxyl groups excluding tert-OH is 1. The van der Waals surface area contributed by atoms with Gasteiger partial charge in [-0.1, -0.05) is 6.92 Å². The molecule has 1 aromatic rings. The maximum Gasteiger partial charge on any atom is 0.279 e. The number of piperidine rings is 1. The minimum atomic E-state index is -3.52. The quantitative estimate of drug-likeness (QED) is 0.754. The number of hydrogen-bond donors (Lipinski definition) is 2. The van der Waals surface area contributed by atoms with Crippen LogP contribution in [0.2, 0.25) is 0 Å². The minimum Gasteiger partial charge on any atom is -0.465 e. The van der Waals surface area contributed by atoms with Gasteiger partial charge in [0.15, 0.2) is 0 Å². The highest BCUT2D eigenvalue weighted by atomic mass is 32.2. The first-order valence-corrected chi connectivity index (χ1v) is 9.43. The summed E-state index contributed by atoms with van der Waals surface area (Å²) in [5.41, 5.74) is 0. The van der Waals surface area contributed by atoms with Crippen molar-refractivity contribution in [2.45, 2.75) is 44.9 Å². The predicted molar refractivity (Wildman–Crippen MR) is 88.1 cm³/mol. The molecule has 1 saturated heterocycles. The Labute approximate surface area is 138 Å². The summed E-state index contributed by atoms with van der Waals surface area (Å²) < 4.78 is 33.1. The van der Waals surface area contributed by atoms with Gasteiger partial charge in [0.05, 0.1) is 18.7 Å². The van der Waals surface area contributed by atoms with Crippen molar-refractivity contribution in [3.05, 3.63) is 23.7 Å². The largest absolute Gasteiger partial charge is 0.465 e. The molecule has 0 unspecified atom stereocenters. The summed E-state index contributed by atoms with van der Waals surface area (Å²) in [6, 6.07) is 3.51. The van der Waals surface area contributed by atoms with Crippen molar-refractivity contribution in [2.75, 3.05) is 27.2 Å². The lowest BCUT2D eigenvalue weighted by molar-refractivity contribution is 0.0411. The Hall–Kier alpha value is -0.930. The zero-order valence-electron chi connectivity index (χ0n) is 14.0. The number of nitrogens with zero attached hydrogens (tertiary/aromatic N) is 2. The summed E-state index contributed by atoms with van der Waals surface area (Å²) in [6.45, 7) is 3.87. The molecule has 0 aromatic carbocycles. The number of likely N-dealkylation sites (tertiary alicyclic amines) is 1. The monoisotopic (exact) mass is 345 g/mol. The van der Waals surface area contributed by atoms with Crippen LogP contribution in [0.1, 0.15) is 31.3 Å². The van der Waals surface area contributed by atoms with E-state index in [0.717, 1.165) is 28.7 Å². The van der Waals surface area contributed by atoms with E-state index in [-0.39, 0.29) is 0 Å². The van der Waals surface area contributed by atoms with E-state index in [2.05, 4.69) is 16.5 Å². The van der Waals surface area contributed by atoms with Crippen LogP contribution in [0.5, 0.6) is 0 Å². The van der Waals surface area contributed by atoms with E-state index in [9.17, 15) is 13.5 Å². The van der Waals surface area contributed by atoms with Gasteiger partial charge in [0.2, 0.25) is 0 Å². The van der Waals surface area contributed by atoms with Gasteiger partial charge in [-0.25, -0.2) is 0 Å². The maximum absolute atomic E-state index is 11.9. The molecule has 0 spiro atoms. The van der Waals surface area contributed by atoms with Gasteiger partial charge in [0.25, 0.3) is 10.2 Å². The van der Waals surface area contributed by atoms with Crippen LogP contribution in [0, 0.1) is 0 Å². The topological polar surface area (TPSA) is 86.0 Å². The highest BCUT2D eigenvalue weighted by Gasteiger charge is 2.31. The van der Waals surface area contributed by atoms with Crippen LogP contribution in [-0.2, 0) is 23.2 Å². The van der Waals surface area contributed by atoms with Crippen LogP contribution < -0.4 is 4.72 Å². The zero-order chi connectivity index (χ0) is 17.0. The van der Waals surface area contributed by atoms with Crippen LogP contribution in [0.3, 0.4) is 0 Å². The van der Waals surface area contributed by atoms with Crippen molar-refractivity contribution in [1.82, 2.24) is 13.9 Å². The summed E-state index contributed by atoms with van der Waals surface area (Å²) in [5, 5.41) is 10.2. The fourth-order valence-electron chi connectivity index (χ4n) is 2.68. The molecule has 2 rings (SSSR count). The second-order valence-electron chi connectivity index (χ2n) is 6.22. The van der Waals surface area contributed by atoms with Gasteiger partial charge in [-0.05, 0) is 25.0 Å². The smallest absolute Gasteiger partial charge is 0.279 e. The highest BCUT2D eigenvalue weighted by Crippen LogP contribution is 2.17. The lowest BCUT2D eigenvalue weighted by atomic mass is 10.0. The summed E-state index contributed by atoms with van der Waals surface area (Å²) in [6.07, 6.45) is 1.81. The first-order valence-electron chi connectivity index (χ1n) is 7.99. The molecule has 0 bridgehead atoms. The fraction of sp³-hybridized carbons (Fsp3) is 0.733. The number of nitrogens with one attached hydrogen (secondary N) is 1. The number of hydrogen-bond acceptors (Lipinski definition) is 5. The number of aryl methyl sites for hydroxylation is 1. The predicted octanol–water partition coefficient (Wildman–Crippen LogP) is 0.563. The molecule has 0 amide bonds. The summed E-state index contributed by atoms with van der Waals surface area (Å²) in [7, 11) is -0.590. The van der Waals surface area contributed by atoms with Gasteiger partial charge in [0, 0.05) is 33.6 Å². The minimum absolute atomic E-state index is 0.421. The van der Waals surface area contributed by atoms with Crippen molar-refractivity contribution >= 4 is 10.2 Å². The number of aliphatic hydroxyl groups is 1. The SMILES string of the molecule is CCCc1ccc(CN2CC[C@@H](NS(=O)(=O)N(C)C)[C@H](O)C2)o1. The summed E-state index contributed by atoms with van der Waals surface area (Å²) in [4.78, 5) is 2.08. The molecular weight excluding hydrogens is 318 g/mol. The molecule has 1 aliphatic rings. The normalized spacial score (nSPS) is 23.5. The third-order valence-electron chi connectivity index (χ3n) is 4.04. The average Bonchev–Trinajstić information content (AvgIpc) is 2.89. The molecule has 2 atom stereocenters. The molecule has 0 radical (unpaired) electrons. The fourth-order valence-corrected chi connectivity index (χ4v) is 3.55. The lowest BCUT2D eigenvalue weighted by Gasteiger charge is -2.36. The second-order valence-corrected chi connectivity index (χ2v) is 8.14. The van der Waals surface area contributed by atoms with Crippen LogP contribution in [0.4, 0.5) is 0 Å². The van der Waals surface area contributed by atoms with E-state index < -0.39 is 22.4 Å². The molecule has 7 nitrogen and oxygen atoms in total. The van der Waals surface area contributed by atoms with Crippen molar-refractivity contribution < 1.29 is 17.9 Å². The summed E-state index contributed by atoms with van der Waals surface area (Å²) >= 11 is 0. The third-order valence-corrected chi connectivity index (χ3v) is 5.60. The molecule has 2 heterocycles. The Kier molecular flexibility index (Phi) is 6.21. The van der Waals surface area contributed by atoms with Gasteiger partial charge in [-0.3, -0.25) is 4.90 Å². The molecule has 0 saturated carbocycles. The highest BCUT2D eigenvalue weighted by molar-refractivity contribution is 7.87. The van der Waals surface area contributed by atoms with E-state index in [1.807, 2.05) is 12.1 Å². The van der Waals surface area contributed by atoms with Gasteiger partial charge < -0.3 is 9.52 Å². The number of β-amino-alcohol motifs (C(OH)–C–C–N with tert-alkyl or cyclic N) is 1. The Bertz CT molecular complexity index is 600. The van der Waals surface area contributed by atoms with E-state index in [1.54, 1.807) is 0 Å². The molecule has 2 N–H and O–H groups in total. The first-order chi connectivity index (χ1) is 10.8. The maximum atomic E-state index is 11.9. The number of furan rings is 1. The Morgan fingerprint density at radius 2 is 2.09 bits per heavy atom. The van der Waals surface area contributed by atoms with E-state index in [4.69, 9.17) is 4.42 Å². The van der Waals surface area contributed by atoms with Crippen molar-refractivity contribution in [2.24, 2.45) is 0 Å². The second kappa shape index (κ2) is 7.76. The Morgan fingerprint density at radius 3 is 2.70 bits per heavy atom. The molecular formula is C15H27N3O4S. The van der Waals surface area contributed by atoms with E-state index in [1.165, 1.54) is 14.1 Å². The van der Waals surface area contributed by atoms with E-state index >= 15 is 0 Å². The van der Waals surface area contributed by atoms with Gasteiger partial charge in [-0.2, -0.15) is 17.4 Å². The van der Waals surface area contributed by atoms with Gasteiger partial charge in [-0.15, -0.1) is 0 Å². The number of rotatable bonds is 7. The van der Waals surface area contributed by atoms with Crippen LogP contribution in [0.25, 0.3) is 0 Å². The van der Waals surface area contributed by atoms with Crippen molar-refractivity contribution in [1.29, 1.82) is 0 Å². The molecule has 132 valence electrons. The average molecular weight is 345 g/mol. The Morgan fingerprint density at radius 1 is 1.39 bits per heavy atom. The van der Waals surface area contributed by atoms with Crippen LogP contribution >= 0.6 is 0 Å². The van der Waals surface area contributed by atoms with Crippen molar-refractivity contribution in [3.8, 4) is 0 Å². The molecule has 1 aliphatic heterocycles. The standard InChI is InChI=1S/C15H27N3O4S/c1-4-5-12-6-7-13(22-12)10-18-9-8-14(15(19)11-18)16-23(20,21)17(2)3/h6-7,14-16,19H,4-5,8-11H2,1-3H3/t14-,15-/m1/s1. The zero-order valence-corrected chi connectivity index (χ0v) is 14.8. The van der Waals surface area contributed by atoms with Gasteiger partial charge in [0.1, 0.15) is 11.5 Å². The van der Waals surface area contributed by atoms with Crippen LogP contribution in [0.15, 0.2) is 16.5 Å².